The Morgan fingerprint density at radius 2 is 2.38 bits per heavy atom. The Kier molecular flexibility index (Phi) is 2.24. The Hall–Kier alpha value is -1.56. The van der Waals surface area contributed by atoms with Gasteiger partial charge in [0, 0.05) is 6.42 Å². The first-order valence-electron chi connectivity index (χ1n) is 4.05. The molecular formula is C10H12N2O. The van der Waals surface area contributed by atoms with Crippen molar-refractivity contribution in [3.8, 4) is 6.07 Å². The van der Waals surface area contributed by atoms with Crippen LogP contribution in [0, 0.1) is 16.7 Å². The van der Waals surface area contributed by atoms with E-state index >= 15 is 0 Å². The Morgan fingerprint density at radius 1 is 1.77 bits per heavy atom. The molecule has 3 heteroatoms. The van der Waals surface area contributed by atoms with Crippen molar-refractivity contribution in [2.45, 2.75) is 25.9 Å². The minimum Gasteiger partial charge on any atom is -0.466 e. The third kappa shape index (κ3) is 1.35. The molecular weight excluding hydrogens is 164 g/mol. The van der Waals surface area contributed by atoms with Crippen molar-refractivity contribution in [1.29, 1.82) is 10.7 Å². The number of nitriles is 1. The molecule has 1 unspecified atom stereocenters. The molecule has 1 atom stereocenters. The summed E-state index contributed by atoms with van der Waals surface area (Å²) in [4.78, 5) is 0. The average molecular weight is 176 g/mol. The summed E-state index contributed by atoms with van der Waals surface area (Å²) in [6, 6.07) is 1.97. The predicted octanol–water partition coefficient (Wildman–Crippen LogP) is 2.17. The van der Waals surface area contributed by atoms with Crippen molar-refractivity contribution >= 4 is 5.90 Å². The molecule has 1 aliphatic rings. The molecule has 13 heavy (non-hydrogen) atoms. The monoisotopic (exact) mass is 176 g/mol. The van der Waals surface area contributed by atoms with Gasteiger partial charge in [-0.1, -0.05) is 6.08 Å². The van der Waals surface area contributed by atoms with Crippen molar-refractivity contribution in [1.82, 2.24) is 0 Å². The van der Waals surface area contributed by atoms with E-state index in [0.717, 1.165) is 5.57 Å². The Morgan fingerprint density at radius 3 is 2.77 bits per heavy atom. The van der Waals surface area contributed by atoms with Gasteiger partial charge in [0.15, 0.2) is 0 Å². The van der Waals surface area contributed by atoms with Gasteiger partial charge < -0.3 is 4.74 Å². The third-order valence-electron chi connectivity index (χ3n) is 2.37. The summed E-state index contributed by atoms with van der Waals surface area (Å²) in [6.45, 7) is 7.31. The van der Waals surface area contributed by atoms with Crippen LogP contribution in [-0.4, -0.2) is 11.5 Å². The smallest absolute Gasteiger partial charge is 0.225 e. The van der Waals surface area contributed by atoms with Gasteiger partial charge in [-0.2, -0.15) is 5.26 Å². The first-order chi connectivity index (χ1) is 6.05. The normalized spacial score (nSPS) is 27.0. The van der Waals surface area contributed by atoms with E-state index in [-0.39, 0.29) is 5.90 Å². The summed E-state index contributed by atoms with van der Waals surface area (Å²) in [5, 5.41) is 16.2. The second kappa shape index (κ2) is 3.06. The molecule has 1 N–H and O–H groups in total. The average Bonchev–Trinajstić information content (AvgIpc) is 2.24. The summed E-state index contributed by atoms with van der Waals surface area (Å²) in [5.41, 5.74) is 0.633. The van der Waals surface area contributed by atoms with E-state index < -0.39 is 5.60 Å². The van der Waals surface area contributed by atoms with Gasteiger partial charge in [-0.25, -0.2) is 0 Å². The number of rotatable bonds is 2. The van der Waals surface area contributed by atoms with E-state index in [9.17, 15) is 0 Å². The first-order valence-corrected chi connectivity index (χ1v) is 4.05. The van der Waals surface area contributed by atoms with Crippen LogP contribution in [0.2, 0.25) is 0 Å². The van der Waals surface area contributed by atoms with Crippen LogP contribution in [0.3, 0.4) is 0 Å². The predicted molar refractivity (Wildman–Crippen MR) is 50.3 cm³/mol. The zero-order chi connectivity index (χ0) is 10.1. The van der Waals surface area contributed by atoms with E-state index in [2.05, 4.69) is 6.58 Å². The van der Waals surface area contributed by atoms with Crippen LogP contribution < -0.4 is 0 Å². The molecule has 3 nitrogen and oxygen atoms in total. The highest BCUT2D eigenvalue weighted by Crippen LogP contribution is 2.34. The quantitative estimate of drug-likeness (QED) is 0.655. The van der Waals surface area contributed by atoms with Crippen molar-refractivity contribution in [3.63, 3.8) is 0 Å². The van der Waals surface area contributed by atoms with Gasteiger partial charge >= 0.3 is 0 Å². The van der Waals surface area contributed by atoms with Gasteiger partial charge in [0.05, 0.1) is 0 Å². The van der Waals surface area contributed by atoms with Crippen LogP contribution in [-0.2, 0) is 4.74 Å². The summed E-state index contributed by atoms with van der Waals surface area (Å²) in [6.07, 6.45) is 2.35. The lowest BCUT2D eigenvalue weighted by Crippen LogP contribution is -2.25. The Balaban J connectivity index is 3.11. The fourth-order valence-electron chi connectivity index (χ4n) is 1.39. The highest BCUT2D eigenvalue weighted by molar-refractivity contribution is 5.99. The van der Waals surface area contributed by atoms with E-state index in [1.165, 1.54) is 0 Å². The number of hydrogen-bond donors (Lipinski definition) is 1. The lowest BCUT2D eigenvalue weighted by molar-refractivity contribution is 0.131. The van der Waals surface area contributed by atoms with Crippen LogP contribution in [0.15, 0.2) is 23.8 Å². The highest BCUT2D eigenvalue weighted by Gasteiger charge is 2.38. The van der Waals surface area contributed by atoms with Crippen LogP contribution in [0.1, 0.15) is 20.3 Å². The van der Waals surface area contributed by atoms with E-state index in [4.69, 9.17) is 15.4 Å². The third-order valence-corrected chi connectivity index (χ3v) is 2.37. The molecule has 0 aromatic rings. The van der Waals surface area contributed by atoms with Crippen molar-refractivity contribution in [3.05, 3.63) is 23.8 Å². The van der Waals surface area contributed by atoms with Crippen molar-refractivity contribution in [2.24, 2.45) is 0 Å². The molecule has 0 spiro atoms. The maximum absolute atomic E-state index is 8.75. The van der Waals surface area contributed by atoms with Crippen LogP contribution in [0.5, 0.6) is 0 Å². The second-order valence-electron chi connectivity index (χ2n) is 3.27. The van der Waals surface area contributed by atoms with Crippen LogP contribution in [0.4, 0.5) is 0 Å². The Bertz CT molecular complexity index is 335. The van der Waals surface area contributed by atoms with Crippen molar-refractivity contribution < 1.29 is 4.74 Å². The summed E-state index contributed by atoms with van der Waals surface area (Å²) in [5.74, 6) is -0.0237. The molecule has 68 valence electrons. The highest BCUT2D eigenvalue weighted by atomic mass is 16.5. The van der Waals surface area contributed by atoms with E-state index in [1.54, 1.807) is 6.08 Å². The maximum Gasteiger partial charge on any atom is 0.225 e. The van der Waals surface area contributed by atoms with Gasteiger partial charge in [0.2, 0.25) is 5.90 Å². The molecule has 0 aliphatic carbocycles. The van der Waals surface area contributed by atoms with Gasteiger partial charge in [-0.05, 0) is 19.4 Å². The molecule has 0 aromatic carbocycles. The zero-order valence-corrected chi connectivity index (χ0v) is 7.85. The molecule has 0 saturated heterocycles. The molecule has 0 fully saturated rings. The van der Waals surface area contributed by atoms with E-state index in [0.29, 0.717) is 12.0 Å². The second-order valence-corrected chi connectivity index (χ2v) is 3.27. The van der Waals surface area contributed by atoms with Crippen molar-refractivity contribution in [2.75, 3.05) is 0 Å². The molecule has 0 amide bonds. The minimum atomic E-state index is -0.538. The molecule has 0 bridgehead atoms. The fourth-order valence-corrected chi connectivity index (χ4v) is 1.39. The van der Waals surface area contributed by atoms with Crippen LogP contribution >= 0.6 is 0 Å². The minimum absolute atomic E-state index is 0.0237. The van der Waals surface area contributed by atoms with Crippen LogP contribution in [0.25, 0.3) is 0 Å². The molecule has 0 aromatic heterocycles. The van der Waals surface area contributed by atoms with Gasteiger partial charge in [-0.3, -0.25) is 5.41 Å². The summed E-state index contributed by atoms with van der Waals surface area (Å²) < 4.78 is 5.32. The van der Waals surface area contributed by atoms with Gasteiger partial charge in [0.25, 0.3) is 0 Å². The number of nitrogens with one attached hydrogen (secondary N) is 1. The topological polar surface area (TPSA) is 56.9 Å². The number of hydrogen-bond acceptors (Lipinski definition) is 3. The lowest BCUT2D eigenvalue weighted by Gasteiger charge is -2.23. The maximum atomic E-state index is 8.75. The number of nitrogens with zero attached hydrogens (tertiary/aromatic N) is 1. The van der Waals surface area contributed by atoms with E-state index in [1.807, 2.05) is 19.9 Å². The molecule has 0 radical (unpaired) electrons. The molecule has 1 aliphatic heterocycles. The summed E-state index contributed by atoms with van der Waals surface area (Å²) >= 11 is 0. The SMILES string of the molecule is C=CCC1(C)OC(=N)C(C#N)=C1C. The fraction of sp³-hybridized carbons (Fsp3) is 0.400. The lowest BCUT2D eigenvalue weighted by atomic mass is 9.92. The largest absolute Gasteiger partial charge is 0.466 e. The molecule has 1 heterocycles. The molecule has 1 rings (SSSR count). The number of ether oxygens (including phenoxy) is 1. The standard InChI is InChI=1S/C10H12N2O/c1-4-5-10(3)7(2)8(6-11)9(12)13-10/h4,12H,1,5H2,2-3H3. The zero-order valence-electron chi connectivity index (χ0n) is 7.85. The van der Waals surface area contributed by atoms with Gasteiger partial charge in [-0.15, -0.1) is 6.58 Å². The Labute approximate surface area is 77.8 Å². The summed E-state index contributed by atoms with van der Waals surface area (Å²) in [7, 11) is 0. The first kappa shape index (κ1) is 9.53. The van der Waals surface area contributed by atoms with Gasteiger partial charge in [0.1, 0.15) is 17.2 Å². The molecule has 0 saturated carbocycles.